The number of phenolic OH excluding ortho intramolecular Hbond substituents is 1. The number of aromatic amines is 1. The highest BCUT2D eigenvalue weighted by molar-refractivity contribution is 9.09. The average Bonchev–Trinajstić information content (AvgIpc) is 3.22. The zero-order valence-electron chi connectivity index (χ0n) is 17.6. The first-order valence-corrected chi connectivity index (χ1v) is 11.6. The predicted molar refractivity (Wildman–Crippen MR) is 122 cm³/mol. The van der Waals surface area contributed by atoms with Crippen LogP contribution in [0.15, 0.2) is 36.8 Å². The lowest BCUT2D eigenvalue weighted by atomic mass is 10.2. The number of aromatic nitrogens is 3. The van der Waals surface area contributed by atoms with Crippen molar-refractivity contribution in [2.45, 2.75) is 20.1 Å². The molecule has 31 heavy (non-hydrogen) atoms. The normalized spacial score (nSPS) is 14.4. The van der Waals surface area contributed by atoms with Crippen molar-refractivity contribution < 1.29 is 19.2 Å². The monoisotopic (exact) mass is 488 g/mol. The van der Waals surface area contributed by atoms with Crippen molar-refractivity contribution >= 4 is 38.6 Å². The largest absolute Gasteiger partial charge is 0.508 e. The number of aryl methyl sites for hydroxylation is 1. The molecule has 1 aromatic carbocycles. The van der Waals surface area contributed by atoms with Gasteiger partial charge in [0.1, 0.15) is 17.6 Å². The molecule has 0 aliphatic carbocycles. The van der Waals surface area contributed by atoms with Crippen molar-refractivity contribution in [3.63, 3.8) is 0 Å². The number of hydrogen-bond donors (Lipinski definition) is 2. The van der Waals surface area contributed by atoms with E-state index >= 15 is 0 Å². The molecule has 2 N–H and O–H groups in total. The number of carbonyl (C=O) groups is 1. The Bertz CT molecular complexity index is 1060. The molecule has 164 valence electrons. The van der Waals surface area contributed by atoms with Gasteiger partial charge in [-0.1, -0.05) is 22.9 Å². The maximum atomic E-state index is 13.0. The fourth-order valence-corrected chi connectivity index (χ4v) is 4.08. The zero-order valence-corrected chi connectivity index (χ0v) is 19.1. The highest BCUT2D eigenvalue weighted by atomic mass is 79.9. The maximum Gasteiger partial charge on any atom is 0.290 e. The number of benzene rings is 1. The van der Waals surface area contributed by atoms with Crippen LogP contribution in [-0.4, -0.2) is 64.0 Å². The van der Waals surface area contributed by atoms with Crippen molar-refractivity contribution in [3.8, 4) is 5.75 Å². The van der Waals surface area contributed by atoms with Crippen LogP contribution in [0, 0.1) is 0 Å². The fourth-order valence-electron chi connectivity index (χ4n) is 3.85. The van der Waals surface area contributed by atoms with Crippen molar-refractivity contribution in [2.75, 3.05) is 43.0 Å². The second kappa shape index (κ2) is 9.65. The minimum Gasteiger partial charge on any atom is -0.508 e. The van der Waals surface area contributed by atoms with Crippen LogP contribution >= 0.6 is 15.9 Å². The molecule has 1 fully saturated rings. The van der Waals surface area contributed by atoms with Crippen molar-refractivity contribution in [3.05, 3.63) is 48.0 Å². The van der Waals surface area contributed by atoms with Gasteiger partial charge in [-0.25, -0.2) is 4.57 Å². The molecular weight excluding hydrogens is 462 g/mol. The molecule has 1 amide bonds. The standard InChI is InChI=1S/C22H26BrN5O3/c1-2-16-13-26(15-31-10-5-23)14-24-21(16)27-6-8-28(9-7-27)22(30)20-11-17-3-4-18(29)12-19(17)25-20/h3-4,11-14H,2,5-10,15H2,1H3,(H-,25,29,30)/p+1. The molecule has 9 heteroatoms. The van der Waals surface area contributed by atoms with Gasteiger partial charge in [0.25, 0.3) is 12.2 Å². The SMILES string of the molecule is CCc1c[n+](COCCBr)cnc1N1CCN(C(=O)c2cc3ccc(O)cc3[nH]2)CC1. The summed E-state index contributed by atoms with van der Waals surface area (Å²) in [5, 5.41) is 11.4. The first-order valence-electron chi connectivity index (χ1n) is 10.5. The first-order chi connectivity index (χ1) is 15.1. The number of H-pyrrole nitrogens is 1. The number of fused-ring (bicyclic) bond motifs is 1. The molecule has 0 spiro atoms. The summed E-state index contributed by atoms with van der Waals surface area (Å²) in [7, 11) is 0. The number of rotatable bonds is 7. The summed E-state index contributed by atoms with van der Waals surface area (Å²) >= 11 is 3.36. The molecule has 1 aliphatic heterocycles. The van der Waals surface area contributed by atoms with Crippen LogP contribution in [0.4, 0.5) is 5.82 Å². The topological polar surface area (TPSA) is 85.6 Å². The van der Waals surface area contributed by atoms with Crippen LogP contribution in [0.5, 0.6) is 5.75 Å². The van der Waals surface area contributed by atoms with Gasteiger partial charge in [0.2, 0.25) is 5.82 Å². The van der Waals surface area contributed by atoms with Crippen LogP contribution < -0.4 is 9.47 Å². The number of aromatic hydroxyl groups is 1. The number of carbonyl (C=O) groups excluding carboxylic acids is 1. The molecule has 1 aliphatic rings. The molecule has 3 heterocycles. The highest BCUT2D eigenvalue weighted by Gasteiger charge is 2.27. The molecule has 0 unspecified atom stereocenters. The number of amides is 1. The Labute approximate surface area is 189 Å². The van der Waals surface area contributed by atoms with Gasteiger partial charge >= 0.3 is 0 Å². The first kappa shape index (κ1) is 21.6. The van der Waals surface area contributed by atoms with E-state index in [9.17, 15) is 9.90 Å². The quantitative estimate of drug-likeness (QED) is 0.303. The van der Waals surface area contributed by atoms with E-state index in [1.807, 2.05) is 15.5 Å². The van der Waals surface area contributed by atoms with Crippen LogP contribution in [0.1, 0.15) is 23.0 Å². The number of ether oxygens (including phenoxy) is 1. The van der Waals surface area contributed by atoms with E-state index in [-0.39, 0.29) is 11.7 Å². The van der Waals surface area contributed by atoms with Crippen molar-refractivity contribution in [2.24, 2.45) is 0 Å². The molecule has 0 atom stereocenters. The number of nitrogens with one attached hydrogen (secondary N) is 1. The molecule has 8 nitrogen and oxygen atoms in total. The van der Waals surface area contributed by atoms with Crippen LogP contribution in [0.2, 0.25) is 0 Å². The van der Waals surface area contributed by atoms with E-state index in [2.05, 4.69) is 43.9 Å². The second-order valence-corrected chi connectivity index (χ2v) is 8.34. The molecule has 0 saturated carbocycles. The summed E-state index contributed by atoms with van der Waals surface area (Å²) in [6.07, 6.45) is 4.77. The number of piperazine rings is 1. The lowest BCUT2D eigenvalue weighted by Crippen LogP contribution is -2.49. The summed E-state index contributed by atoms with van der Waals surface area (Å²) in [6, 6.07) is 6.90. The number of alkyl halides is 1. The van der Waals surface area contributed by atoms with Gasteiger partial charge in [-0.2, -0.15) is 0 Å². The number of phenols is 1. The Hall–Kier alpha value is -2.65. The minimum absolute atomic E-state index is 0.0196. The van der Waals surface area contributed by atoms with E-state index in [0.717, 1.165) is 41.6 Å². The fraction of sp³-hybridized carbons (Fsp3) is 0.409. The Morgan fingerprint density at radius 1 is 1.29 bits per heavy atom. The molecule has 0 radical (unpaired) electrons. The number of halogens is 1. The Kier molecular flexibility index (Phi) is 6.72. The summed E-state index contributed by atoms with van der Waals surface area (Å²) in [5.41, 5.74) is 2.47. The van der Waals surface area contributed by atoms with Crippen LogP contribution in [-0.2, 0) is 17.9 Å². The molecule has 2 aromatic heterocycles. The van der Waals surface area contributed by atoms with Crippen LogP contribution in [0.3, 0.4) is 0 Å². The molecule has 3 aromatic rings. The highest BCUT2D eigenvalue weighted by Crippen LogP contribution is 2.23. The van der Waals surface area contributed by atoms with E-state index in [1.54, 1.807) is 24.5 Å². The number of nitrogens with zero attached hydrogens (tertiary/aromatic N) is 4. The molecule has 0 bridgehead atoms. The number of anilines is 1. The summed E-state index contributed by atoms with van der Waals surface area (Å²) in [6.45, 7) is 5.99. The predicted octanol–water partition coefficient (Wildman–Crippen LogP) is 2.45. The molecule has 4 rings (SSSR count). The van der Waals surface area contributed by atoms with Gasteiger partial charge < -0.3 is 24.6 Å². The molecule has 1 saturated heterocycles. The van der Waals surface area contributed by atoms with Gasteiger partial charge in [0.15, 0.2) is 6.73 Å². The van der Waals surface area contributed by atoms with Gasteiger partial charge in [-0.3, -0.25) is 4.79 Å². The number of hydrogen-bond acceptors (Lipinski definition) is 5. The van der Waals surface area contributed by atoms with Gasteiger partial charge in [0, 0.05) is 48.5 Å². The summed E-state index contributed by atoms with van der Waals surface area (Å²) in [4.78, 5) is 24.9. The minimum atomic E-state index is -0.0196. The maximum absolute atomic E-state index is 13.0. The second-order valence-electron chi connectivity index (χ2n) is 7.55. The third-order valence-corrected chi connectivity index (χ3v) is 5.81. The van der Waals surface area contributed by atoms with Crippen LogP contribution in [0.25, 0.3) is 10.9 Å². The third kappa shape index (κ3) is 4.83. The summed E-state index contributed by atoms with van der Waals surface area (Å²) < 4.78 is 7.52. The van der Waals surface area contributed by atoms with E-state index in [4.69, 9.17) is 4.74 Å². The third-order valence-electron chi connectivity index (χ3n) is 5.48. The summed E-state index contributed by atoms with van der Waals surface area (Å²) in [5.74, 6) is 1.14. The smallest absolute Gasteiger partial charge is 0.290 e. The van der Waals surface area contributed by atoms with Gasteiger partial charge in [0.05, 0.1) is 12.2 Å². The van der Waals surface area contributed by atoms with Crippen molar-refractivity contribution in [1.82, 2.24) is 14.9 Å². The van der Waals surface area contributed by atoms with E-state index < -0.39 is 0 Å². The Balaban J connectivity index is 1.41. The van der Waals surface area contributed by atoms with E-state index in [1.165, 1.54) is 5.56 Å². The lowest BCUT2D eigenvalue weighted by Gasteiger charge is -2.34. The van der Waals surface area contributed by atoms with Gasteiger partial charge in [-0.15, -0.1) is 0 Å². The van der Waals surface area contributed by atoms with Crippen molar-refractivity contribution in [1.29, 1.82) is 0 Å². The zero-order chi connectivity index (χ0) is 21.8. The Morgan fingerprint density at radius 2 is 2.10 bits per heavy atom. The lowest BCUT2D eigenvalue weighted by molar-refractivity contribution is -0.735. The van der Waals surface area contributed by atoms with E-state index in [0.29, 0.717) is 32.1 Å². The average molecular weight is 489 g/mol. The molecular formula is C22H27BrN5O3+. The van der Waals surface area contributed by atoms with Gasteiger partial charge in [-0.05, 0) is 29.6 Å². The Morgan fingerprint density at radius 3 is 2.84 bits per heavy atom.